The van der Waals surface area contributed by atoms with Crippen LogP contribution in [0, 0.1) is 12.8 Å². The zero-order valence-electron chi connectivity index (χ0n) is 20.5. The number of carbonyl (C=O) groups excluding carboxylic acids is 1. The Morgan fingerprint density at radius 3 is 2.51 bits per heavy atom. The van der Waals surface area contributed by atoms with Gasteiger partial charge in [-0.1, -0.05) is 18.2 Å². The molecule has 0 radical (unpaired) electrons. The lowest BCUT2D eigenvalue weighted by molar-refractivity contribution is -0.135. The smallest absolute Gasteiger partial charge is 0.322 e. The van der Waals surface area contributed by atoms with Gasteiger partial charge in [-0.2, -0.15) is 0 Å². The van der Waals surface area contributed by atoms with Gasteiger partial charge in [0.1, 0.15) is 18.0 Å². The van der Waals surface area contributed by atoms with E-state index in [2.05, 4.69) is 44.5 Å². The van der Waals surface area contributed by atoms with Crippen LogP contribution in [0.2, 0.25) is 0 Å². The summed E-state index contributed by atoms with van der Waals surface area (Å²) in [6.07, 6.45) is 6.49. The van der Waals surface area contributed by atoms with Crippen LogP contribution in [0.1, 0.15) is 34.8 Å². The summed E-state index contributed by atoms with van der Waals surface area (Å²) in [4.78, 5) is 38.7. The number of nitrogens with one attached hydrogen (secondary N) is 1. The van der Waals surface area contributed by atoms with Crippen molar-refractivity contribution in [3.8, 4) is 17.0 Å². The second kappa shape index (κ2) is 10.3. The van der Waals surface area contributed by atoms with Crippen molar-refractivity contribution >= 4 is 23.2 Å². The van der Waals surface area contributed by atoms with Crippen molar-refractivity contribution in [1.29, 1.82) is 0 Å². The number of anilines is 1. The molecule has 0 atom stereocenters. The first kappa shape index (κ1) is 24.2. The molecule has 1 aromatic carbocycles. The van der Waals surface area contributed by atoms with Gasteiger partial charge >= 0.3 is 5.97 Å². The van der Waals surface area contributed by atoms with E-state index in [1.54, 1.807) is 6.92 Å². The molecule has 0 unspecified atom stereocenters. The molecule has 3 N–H and O–H groups in total. The van der Waals surface area contributed by atoms with Crippen LogP contribution in [0.15, 0.2) is 54.9 Å². The molecule has 1 aliphatic heterocycles. The quantitative estimate of drug-likeness (QED) is 0.353. The van der Waals surface area contributed by atoms with Gasteiger partial charge < -0.3 is 24.8 Å². The minimum absolute atomic E-state index is 0.188. The lowest BCUT2D eigenvalue weighted by Gasteiger charge is -2.33. The molecule has 0 aliphatic carbocycles. The van der Waals surface area contributed by atoms with Crippen LogP contribution >= 0.6 is 0 Å². The molecule has 1 aliphatic rings. The van der Waals surface area contributed by atoms with Crippen molar-refractivity contribution in [3.63, 3.8) is 0 Å². The number of aromatic hydroxyl groups is 1. The highest BCUT2D eigenvalue weighted by Gasteiger charge is 2.23. The van der Waals surface area contributed by atoms with Crippen LogP contribution < -0.4 is 10.2 Å². The molecule has 4 heterocycles. The van der Waals surface area contributed by atoms with Crippen molar-refractivity contribution in [2.45, 2.75) is 26.2 Å². The van der Waals surface area contributed by atoms with E-state index in [9.17, 15) is 14.7 Å². The minimum Gasteiger partial charge on any atom is -0.504 e. The van der Waals surface area contributed by atoms with Gasteiger partial charge in [0.25, 0.3) is 5.91 Å². The fourth-order valence-electron chi connectivity index (χ4n) is 4.68. The van der Waals surface area contributed by atoms with Gasteiger partial charge in [-0.3, -0.25) is 9.59 Å². The van der Waals surface area contributed by atoms with Crippen molar-refractivity contribution in [2.75, 3.05) is 24.5 Å². The largest absolute Gasteiger partial charge is 0.504 e. The Hall–Kier alpha value is -4.47. The molecule has 0 saturated carbocycles. The molecule has 10 heteroatoms. The molecule has 1 saturated heterocycles. The number of aliphatic carboxylic acids is 1. The summed E-state index contributed by atoms with van der Waals surface area (Å²) in [5.74, 6) is -1.41. The Labute approximate surface area is 213 Å². The Balaban J connectivity index is 1.20. The summed E-state index contributed by atoms with van der Waals surface area (Å²) in [5.41, 5.74) is 4.21. The summed E-state index contributed by atoms with van der Waals surface area (Å²) >= 11 is 0. The second-order valence-electron chi connectivity index (χ2n) is 9.27. The van der Waals surface area contributed by atoms with Gasteiger partial charge in [-0.15, -0.1) is 0 Å². The number of aromatic nitrogens is 4. The fourth-order valence-corrected chi connectivity index (χ4v) is 4.68. The first-order valence-corrected chi connectivity index (χ1v) is 12.2. The number of carbonyl (C=O) groups is 2. The number of hydrogen-bond donors (Lipinski definition) is 3. The van der Waals surface area contributed by atoms with Crippen molar-refractivity contribution in [1.82, 2.24) is 24.7 Å². The van der Waals surface area contributed by atoms with Crippen LogP contribution in [-0.4, -0.2) is 61.1 Å². The van der Waals surface area contributed by atoms with Crippen molar-refractivity contribution < 1.29 is 19.8 Å². The van der Waals surface area contributed by atoms with Crippen LogP contribution in [0.25, 0.3) is 16.9 Å². The Morgan fingerprint density at radius 1 is 1.05 bits per heavy atom. The number of fused-ring (bicyclic) bond motifs is 1. The van der Waals surface area contributed by atoms with E-state index in [1.165, 1.54) is 5.69 Å². The highest BCUT2D eigenvalue weighted by Crippen LogP contribution is 2.28. The number of carboxylic acids is 1. The molecule has 0 spiro atoms. The number of piperidine rings is 1. The number of carboxylic acid groups (broad SMARTS) is 1. The third kappa shape index (κ3) is 5.37. The number of hydrogen-bond acceptors (Lipinski definition) is 7. The SMILES string of the molecule is Cc1nc(CC2CCN(c3ccc(-c4cn5ccccc5n4)cc3)CC2)nc(C(=O)NCC(=O)O)c1O. The van der Waals surface area contributed by atoms with E-state index in [4.69, 9.17) is 10.1 Å². The molecule has 1 amide bonds. The molecule has 190 valence electrons. The van der Waals surface area contributed by atoms with Crippen LogP contribution in [0.5, 0.6) is 5.75 Å². The van der Waals surface area contributed by atoms with Gasteiger partial charge in [-0.25, -0.2) is 15.0 Å². The molecule has 4 aromatic rings. The van der Waals surface area contributed by atoms with Crippen LogP contribution in [-0.2, 0) is 11.2 Å². The zero-order valence-corrected chi connectivity index (χ0v) is 20.5. The van der Waals surface area contributed by atoms with E-state index in [0.717, 1.165) is 42.8 Å². The fraction of sp³-hybridized carbons (Fsp3) is 0.296. The second-order valence-corrected chi connectivity index (χ2v) is 9.27. The van der Waals surface area contributed by atoms with E-state index < -0.39 is 18.4 Å². The number of pyridine rings is 1. The molecule has 1 fully saturated rings. The number of aryl methyl sites for hydroxylation is 1. The summed E-state index contributed by atoms with van der Waals surface area (Å²) in [5, 5.41) is 21.2. The van der Waals surface area contributed by atoms with Crippen LogP contribution in [0.3, 0.4) is 0 Å². The van der Waals surface area contributed by atoms with E-state index in [1.807, 2.05) is 35.0 Å². The highest BCUT2D eigenvalue weighted by atomic mass is 16.4. The van der Waals surface area contributed by atoms with E-state index >= 15 is 0 Å². The molecule has 3 aromatic heterocycles. The predicted molar refractivity (Wildman–Crippen MR) is 138 cm³/mol. The number of rotatable bonds is 7. The van der Waals surface area contributed by atoms with Gasteiger partial charge in [0, 0.05) is 43.2 Å². The predicted octanol–water partition coefficient (Wildman–Crippen LogP) is 3.08. The summed E-state index contributed by atoms with van der Waals surface area (Å²) in [6.45, 7) is 2.84. The van der Waals surface area contributed by atoms with Gasteiger partial charge in [-0.05, 0) is 49.9 Å². The Morgan fingerprint density at radius 2 is 1.81 bits per heavy atom. The summed E-state index contributed by atoms with van der Waals surface area (Å²) in [6, 6.07) is 14.4. The molecule has 37 heavy (non-hydrogen) atoms. The highest BCUT2D eigenvalue weighted by molar-refractivity contribution is 5.96. The topological polar surface area (TPSA) is 133 Å². The average molecular weight is 501 g/mol. The van der Waals surface area contributed by atoms with Crippen molar-refractivity contribution in [2.24, 2.45) is 5.92 Å². The summed E-state index contributed by atoms with van der Waals surface area (Å²) < 4.78 is 2.01. The first-order valence-electron chi connectivity index (χ1n) is 12.2. The minimum atomic E-state index is -1.17. The molecular formula is C27H28N6O4. The monoisotopic (exact) mass is 500 g/mol. The lowest BCUT2D eigenvalue weighted by atomic mass is 9.92. The standard InChI is InChI=1S/C27H28N6O4/c1-17-26(36)25(27(37)28-15-24(34)35)31-22(29-17)14-18-9-12-32(13-10-18)20-7-5-19(6-8-20)21-16-33-11-3-2-4-23(33)30-21/h2-8,11,16,18,36H,9-10,12-15H2,1H3,(H,28,37)(H,34,35). The third-order valence-electron chi connectivity index (χ3n) is 6.70. The number of nitrogens with zero attached hydrogens (tertiary/aromatic N) is 5. The Bertz CT molecular complexity index is 1410. The van der Waals surface area contributed by atoms with E-state index in [-0.39, 0.29) is 11.4 Å². The zero-order chi connectivity index (χ0) is 25.9. The molecule has 5 rings (SSSR count). The maximum absolute atomic E-state index is 12.3. The average Bonchev–Trinajstić information content (AvgIpc) is 3.34. The molecule has 10 nitrogen and oxygen atoms in total. The maximum Gasteiger partial charge on any atom is 0.322 e. The number of imidazole rings is 1. The summed E-state index contributed by atoms with van der Waals surface area (Å²) in [7, 11) is 0. The van der Waals surface area contributed by atoms with E-state index in [0.29, 0.717) is 23.9 Å². The lowest BCUT2D eigenvalue weighted by Crippen LogP contribution is -2.34. The molecular weight excluding hydrogens is 472 g/mol. The molecule has 0 bridgehead atoms. The van der Waals surface area contributed by atoms with Gasteiger partial charge in [0.2, 0.25) is 0 Å². The van der Waals surface area contributed by atoms with Crippen LogP contribution in [0.4, 0.5) is 5.69 Å². The maximum atomic E-state index is 12.3. The third-order valence-corrected chi connectivity index (χ3v) is 6.70. The Kier molecular flexibility index (Phi) is 6.72. The normalized spacial score (nSPS) is 14.1. The number of benzene rings is 1. The van der Waals surface area contributed by atoms with Gasteiger partial charge in [0.15, 0.2) is 11.4 Å². The van der Waals surface area contributed by atoms with Gasteiger partial charge in [0.05, 0.1) is 11.4 Å². The first-order chi connectivity index (χ1) is 17.9. The number of amides is 1. The van der Waals surface area contributed by atoms with Crippen molar-refractivity contribution in [3.05, 3.63) is 72.1 Å².